The van der Waals surface area contributed by atoms with E-state index in [0.29, 0.717) is 11.4 Å². The first-order valence-corrected chi connectivity index (χ1v) is 7.56. The number of hydrogen-bond acceptors (Lipinski definition) is 4. The number of thioether (sulfide) groups is 1. The molecule has 98 valence electrons. The molecule has 1 atom stereocenters. The topological polar surface area (TPSA) is 66.4 Å². The van der Waals surface area contributed by atoms with E-state index in [0.717, 1.165) is 23.5 Å². The number of carboxylic acid groups (broad SMARTS) is 1. The molecule has 1 aliphatic rings. The second-order valence-electron chi connectivity index (χ2n) is 4.55. The molecule has 0 unspecified atom stereocenters. The normalized spacial score (nSPS) is 22.9. The lowest BCUT2D eigenvalue weighted by Crippen LogP contribution is -2.36. The van der Waals surface area contributed by atoms with Gasteiger partial charge in [-0.05, 0) is 37.7 Å². The Morgan fingerprint density at radius 1 is 1.44 bits per heavy atom. The van der Waals surface area contributed by atoms with Gasteiger partial charge in [0.15, 0.2) is 0 Å². The van der Waals surface area contributed by atoms with Crippen molar-refractivity contribution in [2.24, 2.45) is 0 Å². The Hall–Kier alpha value is -1.01. The van der Waals surface area contributed by atoms with E-state index in [1.165, 1.54) is 12.5 Å². The van der Waals surface area contributed by atoms with Crippen molar-refractivity contribution in [3.8, 4) is 0 Å². The van der Waals surface area contributed by atoms with Crippen molar-refractivity contribution in [3.63, 3.8) is 0 Å². The van der Waals surface area contributed by atoms with Crippen LogP contribution < -0.4 is 5.32 Å². The van der Waals surface area contributed by atoms with Crippen molar-refractivity contribution in [2.75, 3.05) is 12.3 Å². The van der Waals surface area contributed by atoms with Gasteiger partial charge in [0.25, 0.3) is 5.91 Å². The summed E-state index contributed by atoms with van der Waals surface area (Å²) in [5.41, 5.74) is 0. The summed E-state index contributed by atoms with van der Waals surface area (Å²) in [6.07, 6.45) is 2.31. The number of carbonyl (C=O) groups excluding carboxylic acids is 1. The second-order valence-corrected chi connectivity index (χ2v) is 7.32. The average molecular weight is 285 g/mol. The molecule has 1 fully saturated rings. The molecule has 1 aromatic rings. The molecule has 4 nitrogen and oxygen atoms in total. The minimum Gasteiger partial charge on any atom is -0.477 e. The molecule has 0 saturated carbocycles. The van der Waals surface area contributed by atoms with Crippen LogP contribution in [0.3, 0.4) is 0 Å². The fourth-order valence-corrected chi connectivity index (χ4v) is 3.91. The van der Waals surface area contributed by atoms with E-state index in [1.54, 1.807) is 6.07 Å². The van der Waals surface area contributed by atoms with Gasteiger partial charge in [0, 0.05) is 11.3 Å². The minimum atomic E-state index is -0.989. The molecule has 1 saturated heterocycles. The maximum atomic E-state index is 11.9. The van der Waals surface area contributed by atoms with Crippen molar-refractivity contribution in [3.05, 3.63) is 21.9 Å². The van der Waals surface area contributed by atoms with Crippen molar-refractivity contribution >= 4 is 35.0 Å². The molecule has 2 rings (SSSR count). The molecule has 2 N–H and O–H groups in total. The molecule has 0 aromatic carbocycles. The predicted octanol–water partition coefficient (Wildman–Crippen LogP) is 2.46. The molecule has 0 bridgehead atoms. The van der Waals surface area contributed by atoms with E-state index in [9.17, 15) is 9.59 Å². The molecule has 18 heavy (non-hydrogen) atoms. The van der Waals surface area contributed by atoms with Gasteiger partial charge in [-0.2, -0.15) is 11.8 Å². The van der Waals surface area contributed by atoms with Gasteiger partial charge in [0.1, 0.15) is 4.88 Å². The van der Waals surface area contributed by atoms with Crippen LogP contribution in [0.1, 0.15) is 39.1 Å². The second kappa shape index (κ2) is 5.32. The third-order valence-electron chi connectivity index (χ3n) is 2.96. The van der Waals surface area contributed by atoms with Gasteiger partial charge in [-0.25, -0.2) is 4.79 Å². The van der Waals surface area contributed by atoms with Crippen LogP contribution in [-0.2, 0) is 0 Å². The van der Waals surface area contributed by atoms with Gasteiger partial charge in [-0.15, -0.1) is 11.3 Å². The summed E-state index contributed by atoms with van der Waals surface area (Å²) >= 11 is 2.90. The Morgan fingerprint density at radius 3 is 2.72 bits per heavy atom. The third kappa shape index (κ3) is 3.05. The molecule has 0 spiro atoms. The molecule has 0 radical (unpaired) electrons. The lowest BCUT2D eigenvalue weighted by molar-refractivity contribution is 0.0702. The summed E-state index contributed by atoms with van der Waals surface area (Å²) < 4.78 is 0.128. The molecule has 1 aromatic heterocycles. The van der Waals surface area contributed by atoms with E-state index < -0.39 is 5.97 Å². The number of nitrogens with one attached hydrogen (secondary N) is 1. The van der Waals surface area contributed by atoms with Crippen LogP contribution in [0.25, 0.3) is 0 Å². The highest BCUT2D eigenvalue weighted by atomic mass is 32.2. The monoisotopic (exact) mass is 285 g/mol. The van der Waals surface area contributed by atoms with Crippen LogP contribution >= 0.6 is 23.1 Å². The molecular formula is C12H15NO3S2. The van der Waals surface area contributed by atoms with Gasteiger partial charge < -0.3 is 10.4 Å². The maximum Gasteiger partial charge on any atom is 0.345 e. The summed E-state index contributed by atoms with van der Waals surface area (Å²) in [6, 6.07) is 3.03. The highest BCUT2D eigenvalue weighted by molar-refractivity contribution is 8.00. The zero-order valence-electron chi connectivity index (χ0n) is 10.1. The van der Waals surface area contributed by atoms with E-state index in [2.05, 4.69) is 12.2 Å². The Kier molecular flexibility index (Phi) is 3.97. The predicted molar refractivity (Wildman–Crippen MR) is 73.7 cm³/mol. The Balaban J connectivity index is 1.93. The van der Waals surface area contributed by atoms with Crippen LogP contribution in [-0.4, -0.2) is 34.0 Å². The average Bonchev–Trinajstić information content (AvgIpc) is 2.95. The van der Waals surface area contributed by atoms with Gasteiger partial charge in [-0.1, -0.05) is 0 Å². The Morgan fingerprint density at radius 2 is 2.17 bits per heavy atom. The summed E-state index contributed by atoms with van der Waals surface area (Å²) in [6.45, 7) is 2.79. The molecule has 0 aliphatic carbocycles. The van der Waals surface area contributed by atoms with Crippen LogP contribution in [0.15, 0.2) is 12.1 Å². The number of carbonyl (C=O) groups is 2. The number of thiophene rings is 1. The van der Waals surface area contributed by atoms with E-state index >= 15 is 0 Å². The van der Waals surface area contributed by atoms with Gasteiger partial charge in [0.05, 0.1) is 4.88 Å². The number of carboxylic acids is 1. The first kappa shape index (κ1) is 13.4. The number of amides is 1. The first-order valence-electron chi connectivity index (χ1n) is 5.75. The summed E-state index contributed by atoms with van der Waals surface area (Å²) in [5, 5.41) is 11.7. The summed E-state index contributed by atoms with van der Waals surface area (Å²) in [4.78, 5) is 23.3. The standard InChI is InChI=1S/C12H15NO3S2/c1-12(5-2-6-17-12)7-13-10(14)8-3-4-9(18-8)11(15)16/h3-4H,2,5-7H2,1H3,(H,13,14)(H,15,16)/t12-/m1/s1. The van der Waals surface area contributed by atoms with Crippen LogP contribution in [0.4, 0.5) is 0 Å². The zero-order chi connectivity index (χ0) is 13.2. The molecule has 1 aliphatic heterocycles. The highest BCUT2D eigenvalue weighted by Gasteiger charge is 2.30. The zero-order valence-corrected chi connectivity index (χ0v) is 11.7. The number of hydrogen-bond donors (Lipinski definition) is 2. The quantitative estimate of drug-likeness (QED) is 0.892. The van der Waals surface area contributed by atoms with Crippen molar-refractivity contribution in [1.82, 2.24) is 5.32 Å². The Bertz CT molecular complexity index is 464. The van der Waals surface area contributed by atoms with E-state index in [-0.39, 0.29) is 15.5 Å². The molecular weight excluding hydrogens is 270 g/mol. The maximum absolute atomic E-state index is 11.9. The molecule has 1 amide bonds. The smallest absolute Gasteiger partial charge is 0.345 e. The summed E-state index contributed by atoms with van der Waals surface area (Å²) in [7, 11) is 0. The lowest BCUT2D eigenvalue weighted by atomic mass is 10.1. The Labute approximate surface area is 114 Å². The summed E-state index contributed by atoms with van der Waals surface area (Å²) in [5.74, 6) is -0.0206. The van der Waals surface area contributed by atoms with Crippen molar-refractivity contribution in [2.45, 2.75) is 24.5 Å². The third-order valence-corrected chi connectivity index (χ3v) is 5.57. The largest absolute Gasteiger partial charge is 0.477 e. The molecule has 6 heteroatoms. The highest BCUT2D eigenvalue weighted by Crippen LogP contribution is 2.37. The number of aromatic carboxylic acids is 1. The minimum absolute atomic E-state index is 0.128. The van der Waals surface area contributed by atoms with Gasteiger partial charge in [0.2, 0.25) is 0 Å². The number of rotatable bonds is 4. The molecule has 2 heterocycles. The van der Waals surface area contributed by atoms with Crippen molar-refractivity contribution < 1.29 is 14.7 Å². The lowest BCUT2D eigenvalue weighted by Gasteiger charge is -2.22. The van der Waals surface area contributed by atoms with Crippen LogP contribution in [0, 0.1) is 0 Å². The fraction of sp³-hybridized carbons (Fsp3) is 0.500. The fourth-order valence-electron chi connectivity index (χ4n) is 1.91. The van der Waals surface area contributed by atoms with Crippen molar-refractivity contribution in [1.29, 1.82) is 0 Å². The van der Waals surface area contributed by atoms with Crippen LogP contribution in [0.5, 0.6) is 0 Å². The first-order chi connectivity index (χ1) is 8.50. The van der Waals surface area contributed by atoms with Gasteiger partial charge in [-0.3, -0.25) is 4.79 Å². The van der Waals surface area contributed by atoms with Gasteiger partial charge >= 0.3 is 5.97 Å². The van der Waals surface area contributed by atoms with Crippen LogP contribution in [0.2, 0.25) is 0 Å². The van der Waals surface area contributed by atoms with E-state index in [1.807, 2.05) is 11.8 Å². The van der Waals surface area contributed by atoms with E-state index in [4.69, 9.17) is 5.11 Å². The SMILES string of the molecule is C[C@]1(CNC(=O)c2ccc(C(=O)O)s2)CCCS1.